The summed E-state index contributed by atoms with van der Waals surface area (Å²) >= 11 is 0. The third kappa shape index (κ3) is 2.88. The average Bonchev–Trinajstić information content (AvgIpc) is 2.81. The molecule has 0 unspecified atom stereocenters. The summed E-state index contributed by atoms with van der Waals surface area (Å²) in [6, 6.07) is 7.36. The molecule has 2 aromatic rings. The summed E-state index contributed by atoms with van der Waals surface area (Å²) in [7, 11) is 0. The highest BCUT2D eigenvalue weighted by atomic mass is 16.3. The summed E-state index contributed by atoms with van der Waals surface area (Å²) in [5, 5.41) is 16.1. The molecule has 1 heterocycles. The van der Waals surface area contributed by atoms with Gasteiger partial charge in [-0.25, -0.2) is 0 Å². The second kappa shape index (κ2) is 5.88. The van der Waals surface area contributed by atoms with E-state index in [0.29, 0.717) is 11.3 Å². The van der Waals surface area contributed by atoms with Gasteiger partial charge in [0, 0.05) is 17.4 Å². The molecular weight excluding hydrogens is 254 g/mol. The fourth-order valence-corrected chi connectivity index (χ4v) is 2.11. The number of benzene rings is 1. The van der Waals surface area contributed by atoms with E-state index in [0.717, 1.165) is 11.3 Å². The second-order valence-corrected chi connectivity index (χ2v) is 4.99. The monoisotopic (exact) mass is 273 g/mol. The van der Waals surface area contributed by atoms with Crippen LogP contribution in [0.4, 0.5) is 5.69 Å². The van der Waals surface area contributed by atoms with Crippen LogP contribution in [0.5, 0.6) is 0 Å². The standard InChI is InChI=1S/C15H19N3O2/c1-10(2)18-11(3)14(8-16-18)15(20)17-13-6-4-5-12(7-13)9-19/h4-8,10,19H,9H2,1-3H3,(H,17,20). The largest absolute Gasteiger partial charge is 0.392 e. The molecule has 0 aliphatic rings. The predicted octanol–water partition coefficient (Wildman–Crippen LogP) is 2.52. The molecule has 0 radical (unpaired) electrons. The van der Waals surface area contributed by atoms with E-state index in [1.165, 1.54) is 0 Å². The quantitative estimate of drug-likeness (QED) is 0.899. The van der Waals surface area contributed by atoms with Crippen LogP contribution in [-0.4, -0.2) is 20.8 Å². The van der Waals surface area contributed by atoms with E-state index in [4.69, 9.17) is 5.11 Å². The van der Waals surface area contributed by atoms with Crippen LogP contribution in [0.1, 0.15) is 41.5 Å². The molecule has 0 saturated carbocycles. The van der Waals surface area contributed by atoms with Crippen LogP contribution in [0.15, 0.2) is 30.5 Å². The lowest BCUT2D eigenvalue weighted by Crippen LogP contribution is -2.14. The van der Waals surface area contributed by atoms with Gasteiger partial charge in [-0.2, -0.15) is 5.10 Å². The molecule has 0 spiro atoms. The first-order chi connectivity index (χ1) is 9.52. The Kier molecular flexibility index (Phi) is 4.20. The van der Waals surface area contributed by atoms with Crippen molar-refractivity contribution in [1.82, 2.24) is 9.78 Å². The van der Waals surface area contributed by atoms with Crippen LogP contribution < -0.4 is 5.32 Å². The lowest BCUT2D eigenvalue weighted by molar-refractivity contribution is 0.102. The summed E-state index contributed by atoms with van der Waals surface area (Å²) in [6.45, 7) is 5.87. The molecule has 1 aromatic carbocycles. The number of aromatic nitrogens is 2. The Morgan fingerprint density at radius 1 is 1.45 bits per heavy atom. The Morgan fingerprint density at radius 2 is 2.20 bits per heavy atom. The van der Waals surface area contributed by atoms with Crippen LogP contribution in [0.2, 0.25) is 0 Å². The van der Waals surface area contributed by atoms with Crippen LogP contribution in [0.25, 0.3) is 0 Å². The highest BCUT2D eigenvalue weighted by molar-refractivity contribution is 6.04. The van der Waals surface area contributed by atoms with Crippen molar-refractivity contribution >= 4 is 11.6 Å². The summed E-state index contributed by atoms with van der Waals surface area (Å²) in [5.74, 6) is -0.190. The van der Waals surface area contributed by atoms with Crippen molar-refractivity contribution in [2.75, 3.05) is 5.32 Å². The Hall–Kier alpha value is -2.14. The SMILES string of the molecule is Cc1c(C(=O)Nc2cccc(CO)c2)cnn1C(C)C. The van der Waals surface area contributed by atoms with Gasteiger partial charge in [0.25, 0.3) is 5.91 Å². The van der Waals surface area contributed by atoms with E-state index in [1.807, 2.05) is 25.5 Å². The van der Waals surface area contributed by atoms with Crippen molar-refractivity contribution in [3.63, 3.8) is 0 Å². The van der Waals surface area contributed by atoms with Gasteiger partial charge in [0.05, 0.1) is 18.4 Å². The topological polar surface area (TPSA) is 67.2 Å². The number of nitrogens with zero attached hydrogens (tertiary/aromatic N) is 2. The molecule has 2 rings (SSSR count). The molecule has 0 saturated heterocycles. The first-order valence-electron chi connectivity index (χ1n) is 6.58. The number of amides is 1. The van der Waals surface area contributed by atoms with Gasteiger partial charge in [-0.05, 0) is 38.5 Å². The normalized spacial score (nSPS) is 10.8. The number of anilines is 1. The number of hydrogen-bond acceptors (Lipinski definition) is 3. The molecule has 2 N–H and O–H groups in total. The highest BCUT2D eigenvalue weighted by Crippen LogP contribution is 2.16. The molecule has 5 heteroatoms. The minimum absolute atomic E-state index is 0.0476. The lowest BCUT2D eigenvalue weighted by atomic mass is 10.2. The number of nitrogens with one attached hydrogen (secondary N) is 1. The molecule has 1 amide bonds. The van der Waals surface area contributed by atoms with Crippen molar-refractivity contribution < 1.29 is 9.90 Å². The van der Waals surface area contributed by atoms with E-state index >= 15 is 0 Å². The highest BCUT2D eigenvalue weighted by Gasteiger charge is 2.15. The van der Waals surface area contributed by atoms with Crippen molar-refractivity contribution in [2.45, 2.75) is 33.4 Å². The van der Waals surface area contributed by atoms with Crippen LogP contribution >= 0.6 is 0 Å². The third-order valence-electron chi connectivity index (χ3n) is 3.15. The first kappa shape index (κ1) is 14.3. The number of aliphatic hydroxyl groups excluding tert-OH is 1. The van der Waals surface area contributed by atoms with Gasteiger partial charge in [-0.15, -0.1) is 0 Å². The van der Waals surface area contributed by atoms with E-state index in [1.54, 1.807) is 30.5 Å². The Balaban J connectivity index is 2.19. The molecule has 1 aromatic heterocycles. The van der Waals surface area contributed by atoms with E-state index in [9.17, 15) is 4.79 Å². The fraction of sp³-hybridized carbons (Fsp3) is 0.333. The van der Waals surface area contributed by atoms with Gasteiger partial charge >= 0.3 is 0 Å². The average molecular weight is 273 g/mol. The maximum absolute atomic E-state index is 12.2. The number of hydrogen-bond donors (Lipinski definition) is 2. The molecule has 0 aliphatic carbocycles. The maximum Gasteiger partial charge on any atom is 0.259 e. The number of aliphatic hydroxyl groups is 1. The zero-order valence-corrected chi connectivity index (χ0v) is 11.9. The van der Waals surface area contributed by atoms with Gasteiger partial charge in [0.2, 0.25) is 0 Å². The number of carbonyl (C=O) groups excluding carboxylic acids is 1. The van der Waals surface area contributed by atoms with Crippen molar-refractivity contribution in [3.8, 4) is 0 Å². The minimum Gasteiger partial charge on any atom is -0.392 e. The fourth-order valence-electron chi connectivity index (χ4n) is 2.11. The molecule has 106 valence electrons. The molecule has 5 nitrogen and oxygen atoms in total. The summed E-state index contributed by atoms with van der Waals surface area (Å²) in [6.07, 6.45) is 1.58. The third-order valence-corrected chi connectivity index (χ3v) is 3.15. The molecule has 0 bridgehead atoms. The molecule has 0 aliphatic heterocycles. The Morgan fingerprint density at radius 3 is 2.80 bits per heavy atom. The van der Waals surface area contributed by atoms with Gasteiger partial charge in [-0.1, -0.05) is 12.1 Å². The van der Waals surface area contributed by atoms with E-state index in [-0.39, 0.29) is 18.6 Å². The van der Waals surface area contributed by atoms with Crippen molar-refractivity contribution in [1.29, 1.82) is 0 Å². The smallest absolute Gasteiger partial charge is 0.259 e. The zero-order valence-electron chi connectivity index (χ0n) is 11.9. The van der Waals surface area contributed by atoms with E-state index < -0.39 is 0 Å². The zero-order chi connectivity index (χ0) is 14.7. The molecule has 20 heavy (non-hydrogen) atoms. The predicted molar refractivity (Wildman–Crippen MR) is 77.7 cm³/mol. The van der Waals surface area contributed by atoms with Crippen LogP contribution in [0, 0.1) is 6.92 Å². The van der Waals surface area contributed by atoms with Crippen molar-refractivity contribution in [3.05, 3.63) is 47.3 Å². The first-order valence-corrected chi connectivity index (χ1v) is 6.58. The van der Waals surface area contributed by atoms with Crippen LogP contribution in [-0.2, 0) is 6.61 Å². The van der Waals surface area contributed by atoms with Gasteiger partial charge < -0.3 is 10.4 Å². The molecular formula is C15H19N3O2. The summed E-state index contributed by atoms with van der Waals surface area (Å²) in [4.78, 5) is 12.2. The van der Waals surface area contributed by atoms with Gasteiger partial charge in [0.15, 0.2) is 0 Å². The Bertz CT molecular complexity index is 617. The lowest BCUT2D eigenvalue weighted by Gasteiger charge is -2.09. The van der Waals surface area contributed by atoms with Crippen LogP contribution in [0.3, 0.4) is 0 Å². The molecule has 0 atom stereocenters. The summed E-state index contributed by atoms with van der Waals surface area (Å²) in [5.41, 5.74) is 2.83. The minimum atomic E-state index is -0.190. The molecule has 0 fully saturated rings. The maximum atomic E-state index is 12.2. The second-order valence-electron chi connectivity index (χ2n) is 4.99. The van der Waals surface area contributed by atoms with E-state index in [2.05, 4.69) is 10.4 Å². The Labute approximate surface area is 118 Å². The number of rotatable bonds is 4. The van der Waals surface area contributed by atoms with Gasteiger partial charge in [0.1, 0.15) is 0 Å². The summed E-state index contributed by atoms with van der Waals surface area (Å²) < 4.78 is 1.82. The van der Waals surface area contributed by atoms with Gasteiger partial charge in [-0.3, -0.25) is 9.48 Å². The van der Waals surface area contributed by atoms with Crippen molar-refractivity contribution in [2.24, 2.45) is 0 Å². The number of carbonyl (C=O) groups is 1.